The van der Waals surface area contributed by atoms with Gasteiger partial charge in [-0.15, -0.1) is 0 Å². The van der Waals surface area contributed by atoms with Crippen molar-refractivity contribution >= 4 is 11.8 Å². The molecule has 1 aliphatic heterocycles. The molecular weight excluding hydrogens is 240 g/mol. The fourth-order valence-electron chi connectivity index (χ4n) is 2.87. The Balaban J connectivity index is 2.41. The van der Waals surface area contributed by atoms with E-state index in [9.17, 15) is 0 Å². The molecule has 0 aromatic rings. The highest BCUT2D eigenvalue weighted by molar-refractivity contribution is 8.00. The summed E-state index contributed by atoms with van der Waals surface area (Å²) in [5, 5.41) is 5.24. The number of rotatable bonds is 5. The van der Waals surface area contributed by atoms with Crippen LogP contribution in [0.25, 0.3) is 0 Å². The van der Waals surface area contributed by atoms with Gasteiger partial charge in [-0.3, -0.25) is 0 Å². The molecule has 1 rings (SSSR count). The second-order valence-electron chi connectivity index (χ2n) is 6.78. The molecule has 1 heterocycles. The Morgan fingerprint density at radius 1 is 1.22 bits per heavy atom. The van der Waals surface area contributed by atoms with Crippen LogP contribution in [0.5, 0.6) is 0 Å². The fraction of sp³-hybridized carbons (Fsp3) is 1.00. The zero-order valence-corrected chi connectivity index (χ0v) is 13.9. The summed E-state index contributed by atoms with van der Waals surface area (Å²) in [6, 6.07) is 0.627. The molecule has 0 saturated carbocycles. The van der Waals surface area contributed by atoms with Crippen LogP contribution in [0.15, 0.2) is 0 Å². The van der Waals surface area contributed by atoms with Crippen molar-refractivity contribution in [3.63, 3.8) is 0 Å². The number of nitrogens with zero attached hydrogens (tertiary/aromatic N) is 1. The summed E-state index contributed by atoms with van der Waals surface area (Å²) in [4.78, 5) is 2.65. The molecule has 1 aliphatic rings. The lowest BCUT2D eigenvalue weighted by Gasteiger charge is -2.37. The first-order valence-corrected chi connectivity index (χ1v) is 8.38. The Labute approximate surface area is 118 Å². The van der Waals surface area contributed by atoms with Gasteiger partial charge in [0.25, 0.3) is 0 Å². The number of nitrogens with one attached hydrogen (secondary N) is 1. The fourth-order valence-corrected chi connectivity index (χ4v) is 4.25. The molecule has 1 N–H and O–H groups in total. The Morgan fingerprint density at radius 3 is 2.22 bits per heavy atom. The number of hydrogen-bond acceptors (Lipinski definition) is 3. The first kappa shape index (κ1) is 16.3. The molecule has 0 radical (unpaired) electrons. The minimum Gasteiger partial charge on any atom is -0.314 e. The summed E-state index contributed by atoms with van der Waals surface area (Å²) in [6.45, 7) is 18.8. The minimum atomic E-state index is 0.359. The van der Waals surface area contributed by atoms with Crippen molar-refractivity contribution in [3.05, 3.63) is 0 Å². The van der Waals surface area contributed by atoms with Gasteiger partial charge in [-0.05, 0) is 24.9 Å². The van der Waals surface area contributed by atoms with E-state index in [4.69, 9.17) is 0 Å². The first-order chi connectivity index (χ1) is 8.32. The van der Waals surface area contributed by atoms with Gasteiger partial charge in [0, 0.05) is 29.6 Å². The molecule has 3 heteroatoms. The van der Waals surface area contributed by atoms with Crippen molar-refractivity contribution in [3.8, 4) is 0 Å². The third-order valence-corrected chi connectivity index (χ3v) is 4.95. The highest BCUT2D eigenvalue weighted by Gasteiger charge is 2.26. The minimum absolute atomic E-state index is 0.359. The van der Waals surface area contributed by atoms with E-state index in [2.05, 4.69) is 63.5 Å². The van der Waals surface area contributed by atoms with E-state index in [0.29, 0.717) is 11.5 Å². The lowest BCUT2D eigenvalue weighted by Crippen LogP contribution is -2.46. The Kier molecular flexibility index (Phi) is 6.49. The van der Waals surface area contributed by atoms with Crippen LogP contribution in [0, 0.1) is 5.41 Å². The van der Waals surface area contributed by atoms with Gasteiger partial charge in [-0.25, -0.2) is 0 Å². The molecule has 0 aliphatic carbocycles. The van der Waals surface area contributed by atoms with Crippen molar-refractivity contribution in [1.82, 2.24) is 10.2 Å². The lowest BCUT2D eigenvalue weighted by molar-refractivity contribution is 0.204. The van der Waals surface area contributed by atoms with E-state index >= 15 is 0 Å². The van der Waals surface area contributed by atoms with Gasteiger partial charge in [-0.1, -0.05) is 41.5 Å². The lowest BCUT2D eigenvalue weighted by atomic mass is 9.84. The Hall–Kier alpha value is 0.270. The van der Waals surface area contributed by atoms with E-state index < -0.39 is 0 Å². The van der Waals surface area contributed by atoms with Crippen molar-refractivity contribution in [2.75, 3.05) is 26.2 Å². The standard InChI is InChI=1S/C15H32N2S/c1-7-16-14(15(4,5)6)8-9-17-10-12(2)18-13(3)11-17/h12-14,16H,7-11H2,1-6H3. The molecule has 108 valence electrons. The highest BCUT2D eigenvalue weighted by atomic mass is 32.2. The highest BCUT2D eigenvalue weighted by Crippen LogP contribution is 2.26. The van der Waals surface area contributed by atoms with Crippen LogP contribution in [0.2, 0.25) is 0 Å². The monoisotopic (exact) mass is 272 g/mol. The topological polar surface area (TPSA) is 15.3 Å². The van der Waals surface area contributed by atoms with E-state index in [1.165, 1.54) is 26.1 Å². The summed E-state index contributed by atoms with van der Waals surface area (Å²) in [6.07, 6.45) is 1.27. The maximum Gasteiger partial charge on any atom is 0.0149 e. The molecule has 0 aromatic carbocycles. The van der Waals surface area contributed by atoms with Gasteiger partial charge in [0.15, 0.2) is 0 Å². The number of thioether (sulfide) groups is 1. The molecular formula is C15H32N2S. The van der Waals surface area contributed by atoms with Gasteiger partial charge < -0.3 is 10.2 Å². The van der Waals surface area contributed by atoms with Crippen LogP contribution in [0.1, 0.15) is 48.0 Å². The Bertz CT molecular complexity index is 227. The van der Waals surface area contributed by atoms with Crippen LogP contribution < -0.4 is 5.32 Å². The van der Waals surface area contributed by atoms with Gasteiger partial charge in [0.1, 0.15) is 0 Å². The molecule has 3 atom stereocenters. The zero-order chi connectivity index (χ0) is 13.8. The normalized spacial score (nSPS) is 28.3. The van der Waals surface area contributed by atoms with Crippen LogP contribution in [0.4, 0.5) is 0 Å². The van der Waals surface area contributed by atoms with Gasteiger partial charge in [0.05, 0.1) is 0 Å². The van der Waals surface area contributed by atoms with Gasteiger partial charge in [0.2, 0.25) is 0 Å². The third kappa shape index (κ3) is 5.50. The third-order valence-electron chi connectivity index (χ3n) is 3.73. The average Bonchev–Trinajstić information content (AvgIpc) is 2.21. The summed E-state index contributed by atoms with van der Waals surface area (Å²) in [5.41, 5.74) is 0.359. The smallest absolute Gasteiger partial charge is 0.0149 e. The van der Waals surface area contributed by atoms with Crippen molar-refractivity contribution in [1.29, 1.82) is 0 Å². The van der Waals surface area contributed by atoms with E-state index in [-0.39, 0.29) is 0 Å². The largest absolute Gasteiger partial charge is 0.314 e. The molecule has 3 unspecified atom stereocenters. The molecule has 0 spiro atoms. The summed E-state index contributed by atoms with van der Waals surface area (Å²) in [7, 11) is 0. The van der Waals surface area contributed by atoms with Crippen molar-refractivity contribution in [2.24, 2.45) is 5.41 Å². The van der Waals surface area contributed by atoms with Crippen LogP contribution in [-0.2, 0) is 0 Å². The molecule has 0 aromatic heterocycles. The molecule has 0 amide bonds. The average molecular weight is 273 g/mol. The molecule has 1 saturated heterocycles. The van der Waals surface area contributed by atoms with Gasteiger partial charge >= 0.3 is 0 Å². The van der Waals surface area contributed by atoms with Crippen LogP contribution >= 0.6 is 11.8 Å². The SMILES string of the molecule is CCNC(CCN1CC(C)SC(C)C1)C(C)(C)C. The van der Waals surface area contributed by atoms with E-state index in [1.807, 2.05) is 0 Å². The maximum atomic E-state index is 3.65. The summed E-state index contributed by atoms with van der Waals surface area (Å²) >= 11 is 2.14. The van der Waals surface area contributed by atoms with E-state index in [0.717, 1.165) is 17.0 Å². The molecule has 2 nitrogen and oxygen atoms in total. The second kappa shape index (κ2) is 7.16. The van der Waals surface area contributed by atoms with Crippen LogP contribution in [-0.4, -0.2) is 47.6 Å². The Morgan fingerprint density at radius 2 is 1.78 bits per heavy atom. The molecule has 18 heavy (non-hydrogen) atoms. The molecule has 1 fully saturated rings. The van der Waals surface area contributed by atoms with Crippen LogP contribution in [0.3, 0.4) is 0 Å². The van der Waals surface area contributed by atoms with Crippen molar-refractivity contribution < 1.29 is 0 Å². The number of hydrogen-bond donors (Lipinski definition) is 1. The zero-order valence-electron chi connectivity index (χ0n) is 13.1. The maximum absolute atomic E-state index is 3.65. The molecule has 0 bridgehead atoms. The predicted molar refractivity (Wildman–Crippen MR) is 84.5 cm³/mol. The van der Waals surface area contributed by atoms with Crippen molar-refractivity contribution in [2.45, 2.75) is 64.5 Å². The second-order valence-corrected chi connectivity index (χ2v) is 8.66. The summed E-state index contributed by atoms with van der Waals surface area (Å²) < 4.78 is 0. The predicted octanol–water partition coefficient (Wildman–Crippen LogP) is 3.23. The van der Waals surface area contributed by atoms with E-state index in [1.54, 1.807) is 0 Å². The van der Waals surface area contributed by atoms with Gasteiger partial charge in [-0.2, -0.15) is 11.8 Å². The first-order valence-electron chi connectivity index (χ1n) is 7.44. The quantitative estimate of drug-likeness (QED) is 0.827. The summed E-state index contributed by atoms with van der Waals surface area (Å²) in [5.74, 6) is 0.